The molecule has 0 radical (unpaired) electrons. The van der Waals surface area contributed by atoms with E-state index in [9.17, 15) is 13.2 Å². The number of hydrogen-bond donors (Lipinski definition) is 2. The van der Waals surface area contributed by atoms with Gasteiger partial charge >= 0.3 is 6.18 Å². The molecule has 0 amide bonds. The number of nitrogens with one attached hydrogen (secondary N) is 1. The summed E-state index contributed by atoms with van der Waals surface area (Å²) in [6, 6.07) is 17.9. The van der Waals surface area contributed by atoms with Crippen LogP contribution in [-0.2, 0) is 12.6 Å². The highest BCUT2D eigenvalue weighted by atomic mass is 35.5. The molecule has 5 aromatic rings. The van der Waals surface area contributed by atoms with Gasteiger partial charge in [-0.25, -0.2) is 9.97 Å². The van der Waals surface area contributed by atoms with Crippen LogP contribution in [0.1, 0.15) is 11.1 Å². The molecule has 0 aliphatic rings. The molecule has 7 nitrogen and oxygen atoms in total. The van der Waals surface area contributed by atoms with Gasteiger partial charge in [0, 0.05) is 24.3 Å². The number of halogens is 4. The summed E-state index contributed by atoms with van der Waals surface area (Å²) in [7, 11) is 0. The highest BCUT2D eigenvalue weighted by molar-refractivity contribution is 6.29. The number of fused-ring (bicyclic) bond motifs is 1. The van der Waals surface area contributed by atoms with Crippen molar-refractivity contribution in [2.75, 3.05) is 11.9 Å². The first kappa shape index (κ1) is 24.7. The van der Waals surface area contributed by atoms with Crippen LogP contribution in [0.4, 0.5) is 19.1 Å². The predicted octanol–water partition coefficient (Wildman–Crippen LogP) is 5.51. The molecule has 0 unspecified atom stereocenters. The van der Waals surface area contributed by atoms with E-state index >= 15 is 0 Å². The van der Waals surface area contributed by atoms with E-state index in [-0.39, 0.29) is 16.8 Å². The first-order valence-electron chi connectivity index (χ1n) is 11.4. The molecule has 188 valence electrons. The Hall–Kier alpha value is -4.02. The number of pyridine rings is 1. The van der Waals surface area contributed by atoms with Crippen molar-refractivity contribution in [1.29, 1.82) is 0 Å². The molecular formula is C26H21ClF3N7. The Bertz CT molecular complexity index is 1540. The Kier molecular flexibility index (Phi) is 6.77. The summed E-state index contributed by atoms with van der Waals surface area (Å²) < 4.78 is 42.1. The number of anilines is 1. The zero-order valence-electron chi connectivity index (χ0n) is 19.3. The summed E-state index contributed by atoms with van der Waals surface area (Å²) in [5.41, 5.74) is 8.62. The van der Waals surface area contributed by atoms with E-state index in [0.717, 1.165) is 17.7 Å². The highest BCUT2D eigenvalue weighted by Gasteiger charge is 2.31. The SMILES string of the molecule is N[C@H](CNc1nc(-c2ccnc(Cl)c2)c(-c2cccc(C(F)(F)F)c2)c2nncn12)Cc1ccccc1. The Labute approximate surface area is 215 Å². The molecule has 3 aromatic heterocycles. The van der Waals surface area contributed by atoms with Gasteiger partial charge in [-0.3, -0.25) is 4.40 Å². The molecule has 0 spiro atoms. The zero-order valence-corrected chi connectivity index (χ0v) is 20.1. The first-order valence-corrected chi connectivity index (χ1v) is 11.7. The third-order valence-corrected chi connectivity index (χ3v) is 6.00. The lowest BCUT2D eigenvalue weighted by Crippen LogP contribution is -2.32. The van der Waals surface area contributed by atoms with Crippen molar-refractivity contribution in [1.82, 2.24) is 24.6 Å². The molecule has 3 heterocycles. The molecular weight excluding hydrogens is 503 g/mol. The number of alkyl halides is 3. The molecule has 0 saturated heterocycles. The van der Waals surface area contributed by atoms with Gasteiger partial charge in [-0.1, -0.05) is 54.1 Å². The van der Waals surface area contributed by atoms with Crippen molar-refractivity contribution in [3.8, 4) is 22.4 Å². The molecule has 1 atom stereocenters. The van der Waals surface area contributed by atoms with Crippen LogP contribution in [0.15, 0.2) is 79.3 Å². The van der Waals surface area contributed by atoms with Gasteiger partial charge in [0.2, 0.25) is 5.95 Å². The maximum Gasteiger partial charge on any atom is 0.416 e. The first-order chi connectivity index (χ1) is 17.8. The predicted molar refractivity (Wildman–Crippen MR) is 136 cm³/mol. The molecule has 3 N–H and O–H groups in total. The second kappa shape index (κ2) is 10.2. The average Bonchev–Trinajstić information content (AvgIpc) is 3.37. The summed E-state index contributed by atoms with van der Waals surface area (Å²) in [6.45, 7) is 0.384. The van der Waals surface area contributed by atoms with Crippen LogP contribution in [0.3, 0.4) is 0 Å². The maximum atomic E-state index is 13.5. The summed E-state index contributed by atoms with van der Waals surface area (Å²) >= 11 is 6.14. The van der Waals surface area contributed by atoms with Crippen LogP contribution in [-0.4, -0.2) is 37.2 Å². The number of nitrogens with zero attached hydrogens (tertiary/aromatic N) is 5. The molecule has 0 saturated carbocycles. The lowest BCUT2D eigenvalue weighted by Gasteiger charge is -2.18. The van der Waals surface area contributed by atoms with Crippen molar-refractivity contribution in [2.24, 2.45) is 5.73 Å². The third-order valence-electron chi connectivity index (χ3n) is 5.80. The van der Waals surface area contributed by atoms with Crippen molar-refractivity contribution in [3.05, 3.63) is 95.5 Å². The lowest BCUT2D eigenvalue weighted by molar-refractivity contribution is -0.137. The van der Waals surface area contributed by atoms with Crippen LogP contribution in [0.2, 0.25) is 5.15 Å². The van der Waals surface area contributed by atoms with E-state index in [0.29, 0.717) is 41.4 Å². The molecule has 0 fully saturated rings. The fraction of sp³-hybridized carbons (Fsp3) is 0.154. The highest BCUT2D eigenvalue weighted by Crippen LogP contribution is 2.38. The fourth-order valence-electron chi connectivity index (χ4n) is 4.09. The molecule has 0 aliphatic heterocycles. The minimum Gasteiger partial charge on any atom is -0.354 e. The maximum absolute atomic E-state index is 13.5. The Morgan fingerprint density at radius 1 is 1.00 bits per heavy atom. The molecule has 2 aromatic carbocycles. The van der Waals surface area contributed by atoms with E-state index in [4.69, 9.17) is 22.3 Å². The van der Waals surface area contributed by atoms with Crippen molar-refractivity contribution >= 4 is 23.2 Å². The Morgan fingerprint density at radius 2 is 1.81 bits per heavy atom. The van der Waals surface area contributed by atoms with Gasteiger partial charge < -0.3 is 11.1 Å². The third kappa shape index (κ3) is 5.40. The second-order valence-electron chi connectivity index (χ2n) is 8.46. The van der Waals surface area contributed by atoms with E-state index in [1.54, 1.807) is 22.6 Å². The smallest absolute Gasteiger partial charge is 0.354 e. The van der Waals surface area contributed by atoms with Gasteiger partial charge in [-0.15, -0.1) is 10.2 Å². The quantitative estimate of drug-likeness (QED) is 0.273. The second-order valence-corrected chi connectivity index (χ2v) is 8.85. The van der Waals surface area contributed by atoms with Crippen LogP contribution in [0.5, 0.6) is 0 Å². The summed E-state index contributed by atoms with van der Waals surface area (Å²) in [5, 5.41) is 11.7. The molecule has 37 heavy (non-hydrogen) atoms. The zero-order chi connectivity index (χ0) is 26.0. The van der Waals surface area contributed by atoms with Gasteiger partial charge in [0.25, 0.3) is 0 Å². The molecule has 0 aliphatic carbocycles. The number of rotatable bonds is 7. The summed E-state index contributed by atoms with van der Waals surface area (Å²) in [6.07, 6.45) is -0.905. The minimum atomic E-state index is -4.51. The van der Waals surface area contributed by atoms with Crippen molar-refractivity contribution in [3.63, 3.8) is 0 Å². The van der Waals surface area contributed by atoms with Crippen LogP contribution >= 0.6 is 11.6 Å². The Balaban J connectivity index is 1.60. The standard InChI is InChI=1S/C26H21ClF3N7/c27-21-13-18(9-10-32-21)23-22(17-7-4-8-19(12-17)26(28,29)30)24-36-34-15-37(24)25(35-23)33-14-20(31)11-16-5-2-1-3-6-16/h1-10,12-13,15,20H,11,14,31H2,(H,33,35)/t20-/m0/s1. The minimum absolute atomic E-state index is 0.218. The Morgan fingerprint density at radius 3 is 2.57 bits per heavy atom. The summed E-state index contributed by atoms with van der Waals surface area (Å²) in [5.74, 6) is 0.391. The lowest BCUT2D eigenvalue weighted by atomic mass is 9.99. The number of hydrogen-bond acceptors (Lipinski definition) is 6. The van der Waals surface area contributed by atoms with Gasteiger partial charge in [-0.05, 0) is 41.8 Å². The fourth-order valence-corrected chi connectivity index (χ4v) is 4.27. The monoisotopic (exact) mass is 523 g/mol. The van der Waals surface area contributed by atoms with Gasteiger partial charge in [-0.2, -0.15) is 13.2 Å². The van der Waals surface area contributed by atoms with Gasteiger partial charge in [0.05, 0.1) is 16.8 Å². The normalized spacial score (nSPS) is 12.6. The van der Waals surface area contributed by atoms with Crippen molar-refractivity contribution < 1.29 is 13.2 Å². The number of nitrogens with two attached hydrogens (primary N) is 1. The number of benzene rings is 2. The van der Waals surface area contributed by atoms with Crippen molar-refractivity contribution in [2.45, 2.75) is 18.6 Å². The van der Waals surface area contributed by atoms with Gasteiger partial charge in [0.1, 0.15) is 11.5 Å². The van der Waals surface area contributed by atoms with Crippen LogP contribution < -0.4 is 11.1 Å². The average molecular weight is 524 g/mol. The topological polar surface area (TPSA) is 94.0 Å². The van der Waals surface area contributed by atoms with Gasteiger partial charge in [0.15, 0.2) is 5.65 Å². The van der Waals surface area contributed by atoms with Crippen LogP contribution in [0, 0.1) is 0 Å². The van der Waals surface area contributed by atoms with E-state index in [1.165, 1.54) is 18.6 Å². The largest absolute Gasteiger partial charge is 0.416 e. The molecule has 0 bridgehead atoms. The van der Waals surface area contributed by atoms with Crippen LogP contribution in [0.25, 0.3) is 28.0 Å². The summed E-state index contributed by atoms with van der Waals surface area (Å²) in [4.78, 5) is 8.79. The molecule has 5 rings (SSSR count). The van der Waals surface area contributed by atoms with E-state index < -0.39 is 11.7 Å². The van der Waals surface area contributed by atoms with E-state index in [2.05, 4.69) is 20.5 Å². The number of aromatic nitrogens is 5. The van der Waals surface area contributed by atoms with E-state index in [1.807, 2.05) is 30.3 Å². The molecule has 11 heteroatoms.